The molecule has 1 atom stereocenters. The van der Waals surface area contributed by atoms with Gasteiger partial charge in [-0.25, -0.2) is 0 Å². The van der Waals surface area contributed by atoms with Crippen molar-refractivity contribution in [3.05, 3.63) is 59.7 Å². The Hall–Kier alpha value is -2.84. The van der Waals surface area contributed by atoms with E-state index in [1.165, 1.54) is 0 Å². The lowest BCUT2D eigenvalue weighted by Gasteiger charge is -2.24. The zero-order valence-electron chi connectivity index (χ0n) is 15.2. The maximum atomic E-state index is 12.5. The molecule has 0 aliphatic rings. The third kappa shape index (κ3) is 4.82. The molecule has 130 valence electrons. The maximum Gasteiger partial charge on any atom is 0.241 e. The largest absolute Gasteiger partial charge is 0.378 e. The average molecular weight is 336 g/mol. The first kappa shape index (κ1) is 18.5. The maximum absolute atomic E-state index is 12.5. The lowest BCUT2D eigenvalue weighted by atomic mass is 10.1. The van der Waals surface area contributed by atoms with Crippen LogP contribution in [0.3, 0.4) is 0 Å². The molecule has 5 heteroatoms. The molecule has 1 amide bonds. The number of nitrogens with zero attached hydrogens (tertiary/aromatic N) is 3. The summed E-state index contributed by atoms with van der Waals surface area (Å²) in [5.74, 6) is -0.130. The molecule has 0 aliphatic carbocycles. The van der Waals surface area contributed by atoms with Crippen molar-refractivity contribution < 1.29 is 4.79 Å². The van der Waals surface area contributed by atoms with Crippen molar-refractivity contribution in [1.29, 1.82) is 5.26 Å². The number of hydrogen-bond donors (Lipinski definition) is 1. The smallest absolute Gasteiger partial charge is 0.241 e. The summed E-state index contributed by atoms with van der Waals surface area (Å²) in [6.07, 6.45) is 0. The van der Waals surface area contributed by atoms with E-state index in [1.54, 1.807) is 24.3 Å². The Kier molecular flexibility index (Phi) is 6.15. The van der Waals surface area contributed by atoms with Crippen LogP contribution in [0.4, 0.5) is 11.4 Å². The lowest BCUT2D eigenvalue weighted by molar-refractivity contribution is -0.120. The minimum atomic E-state index is -0.319. The number of para-hydroxylation sites is 1. The molecule has 0 heterocycles. The first-order valence-corrected chi connectivity index (χ1v) is 8.19. The van der Waals surface area contributed by atoms with Crippen LogP contribution in [-0.4, -0.2) is 38.0 Å². The van der Waals surface area contributed by atoms with Crippen molar-refractivity contribution in [1.82, 2.24) is 4.90 Å². The van der Waals surface area contributed by atoms with Crippen LogP contribution >= 0.6 is 0 Å². The van der Waals surface area contributed by atoms with Crippen LogP contribution in [0.15, 0.2) is 48.5 Å². The molecule has 0 unspecified atom stereocenters. The SMILES string of the molecule is C[C@H](C(=O)Nc1ccccc1C#N)N(C)Cc1ccc(N(C)C)cc1. The molecule has 0 radical (unpaired) electrons. The van der Waals surface area contributed by atoms with Crippen LogP contribution in [-0.2, 0) is 11.3 Å². The fourth-order valence-electron chi connectivity index (χ4n) is 2.45. The number of anilines is 2. The Morgan fingerprint density at radius 3 is 2.36 bits per heavy atom. The molecule has 2 aromatic rings. The van der Waals surface area contributed by atoms with Crippen molar-refractivity contribution in [3.63, 3.8) is 0 Å². The van der Waals surface area contributed by atoms with Gasteiger partial charge >= 0.3 is 0 Å². The van der Waals surface area contributed by atoms with E-state index in [0.29, 0.717) is 17.8 Å². The van der Waals surface area contributed by atoms with Crippen LogP contribution < -0.4 is 10.2 Å². The first-order chi connectivity index (χ1) is 11.9. The molecule has 0 fully saturated rings. The van der Waals surface area contributed by atoms with E-state index in [4.69, 9.17) is 5.26 Å². The first-order valence-electron chi connectivity index (χ1n) is 8.19. The van der Waals surface area contributed by atoms with Crippen LogP contribution in [0.5, 0.6) is 0 Å². The highest BCUT2D eigenvalue weighted by atomic mass is 16.2. The van der Waals surface area contributed by atoms with Gasteiger partial charge in [-0.05, 0) is 43.8 Å². The van der Waals surface area contributed by atoms with Gasteiger partial charge in [0.2, 0.25) is 5.91 Å². The second-order valence-corrected chi connectivity index (χ2v) is 6.30. The van der Waals surface area contributed by atoms with E-state index in [0.717, 1.165) is 11.3 Å². The number of hydrogen-bond acceptors (Lipinski definition) is 4. The molecule has 0 bridgehead atoms. The van der Waals surface area contributed by atoms with E-state index in [1.807, 2.05) is 33.0 Å². The van der Waals surface area contributed by atoms with Gasteiger partial charge in [0.1, 0.15) is 6.07 Å². The van der Waals surface area contributed by atoms with Gasteiger partial charge in [-0.15, -0.1) is 0 Å². The molecule has 1 N–H and O–H groups in total. The molecular formula is C20H24N4O. The van der Waals surface area contributed by atoms with Gasteiger partial charge < -0.3 is 10.2 Å². The van der Waals surface area contributed by atoms with Crippen molar-refractivity contribution in [3.8, 4) is 6.07 Å². The fraction of sp³-hybridized carbons (Fsp3) is 0.300. The molecule has 0 spiro atoms. The molecule has 0 saturated carbocycles. The van der Waals surface area contributed by atoms with Crippen LogP contribution in [0.2, 0.25) is 0 Å². The number of carbonyl (C=O) groups excluding carboxylic acids is 1. The molecule has 0 saturated heterocycles. The Bertz CT molecular complexity index is 762. The second-order valence-electron chi connectivity index (χ2n) is 6.30. The number of carbonyl (C=O) groups is 1. The van der Waals surface area contributed by atoms with E-state index < -0.39 is 0 Å². The Balaban J connectivity index is 2.00. The number of amides is 1. The predicted octanol–water partition coefficient (Wildman–Crippen LogP) is 3.08. The summed E-state index contributed by atoms with van der Waals surface area (Å²) in [6.45, 7) is 2.53. The molecule has 0 aromatic heterocycles. The zero-order valence-corrected chi connectivity index (χ0v) is 15.2. The van der Waals surface area contributed by atoms with Gasteiger partial charge in [-0.3, -0.25) is 9.69 Å². The Morgan fingerprint density at radius 1 is 1.12 bits per heavy atom. The second kappa shape index (κ2) is 8.32. The summed E-state index contributed by atoms with van der Waals surface area (Å²) in [7, 11) is 5.93. The van der Waals surface area contributed by atoms with Crippen LogP contribution in [0, 0.1) is 11.3 Å². The summed E-state index contributed by atoms with van der Waals surface area (Å²) < 4.78 is 0. The molecule has 2 aromatic carbocycles. The van der Waals surface area contributed by atoms with Gasteiger partial charge in [0.05, 0.1) is 17.3 Å². The highest BCUT2D eigenvalue weighted by Gasteiger charge is 2.19. The minimum absolute atomic E-state index is 0.130. The highest BCUT2D eigenvalue weighted by molar-refractivity contribution is 5.95. The third-order valence-electron chi connectivity index (χ3n) is 4.23. The van der Waals surface area contributed by atoms with Crippen molar-refractivity contribution in [2.45, 2.75) is 19.5 Å². The normalized spacial score (nSPS) is 11.7. The number of likely N-dealkylation sites (N-methyl/N-ethyl adjacent to an activating group) is 1. The van der Waals surface area contributed by atoms with Gasteiger partial charge in [0.15, 0.2) is 0 Å². The number of benzene rings is 2. The topological polar surface area (TPSA) is 59.4 Å². The average Bonchev–Trinajstić information content (AvgIpc) is 2.61. The monoisotopic (exact) mass is 336 g/mol. The van der Waals surface area contributed by atoms with Crippen LogP contribution in [0.25, 0.3) is 0 Å². The van der Waals surface area contributed by atoms with E-state index in [2.05, 4.69) is 40.6 Å². The summed E-state index contributed by atoms with van der Waals surface area (Å²) in [5, 5.41) is 12.0. The van der Waals surface area contributed by atoms with Gasteiger partial charge in [-0.1, -0.05) is 24.3 Å². The van der Waals surface area contributed by atoms with Gasteiger partial charge in [0.25, 0.3) is 0 Å². The van der Waals surface area contributed by atoms with E-state index >= 15 is 0 Å². The standard InChI is InChI=1S/C20H24N4O/c1-15(20(25)22-19-8-6-5-7-17(19)13-21)24(4)14-16-9-11-18(12-10-16)23(2)3/h5-12,15H,14H2,1-4H3,(H,22,25)/t15-/m1/s1. The molecule has 0 aliphatic heterocycles. The number of nitrogens with one attached hydrogen (secondary N) is 1. The third-order valence-corrected chi connectivity index (χ3v) is 4.23. The predicted molar refractivity (Wildman–Crippen MR) is 101 cm³/mol. The van der Waals surface area contributed by atoms with Crippen molar-refractivity contribution in [2.24, 2.45) is 0 Å². The zero-order chi connectivity index (χ0) is 18.4. The summed E-state index contributed by atoms with van der Waals surface area (Å²) in [4.78, 5) is 16.5. The van der Waals surface area contributed by atoms with Gasteiger partial charge in [0, 0.05) is 26.3 Å². The van der Waals surface area contributed by atoms with Gasteiger partial charge in [-0.2, -0.15) is 5.26 Å². The minimum Gasteiger partial charge on any atom is -0.378 e. The Labute approximate surface area is 149 Å². The summed E-state index contributed by atoms with van der Waals surface area (Å²) in [6, 6.07) is 17.1. The molecule has 5 nitrogen and oxygen atoms in total. The summed E-state index contributed by atoms with van der Waals surface area (Å²) >= 11 is 0. The van der Waals surface area contributed by atoms with Crippen molar-refractivity contribution >= 4 is 17.3 Å². The van der Waals surface area contributed by atoms with E-state index in [9.17, 15) is 4.79 Å². The summed E-state index contributed by atoms with van der Waals surface area (Å²) in [5.41, 5.74) is 3.30. The Morgan fingerprint density at radius 2 is 1.76 bits per heavy atom. The molecule has 25 heavy (non-hydrogen) atoms. The van der Waals surface area contributed by atoms with E-state index in [-0.39, 0.29) is 11.9 Å². The van der Waals surface area contributed by atoms with Crippen molar-refractivity contribution in [2.75, 3.05) is 31.4 Å². The van der Waals surface area contributed by atoms with Crippen LogP contribution in [0.1, 0.15) is 18.1 Å². The molecule has 2 rings (SSSR count). The lowest BCUT2D eigenvalue weighted by Crippen LogP contribution is -2.39. The molecular weight excluding hydrogens is 312 g/mol. The number of nitriles is 1. The number of rotatable bonds is 6. The highest BCUT2D eigenvalue weighted by Crippen LogP contribution is 2.16. The quantitative estimate of drug-likeness (QED) is 0.881. The fourth-order valence-corrected chi connectivity index (χ4v) is 2.45.